The fourth-order valence-corrected chi connectivity index (χ4v) is 1.95. The monoisotopic (exact) mass is 254 g/mol. The molecular formula is C13H22N2O3. The van der Waals surface area contributed by atoms with Gasteiger partial charge < -0.3 is 14.2 Å². The van der Waals surface area contributed by atoms with E-state index in [9.17, 15) is 0 Å². The molecule has 0 saturated carbocycles. The van der Waals surface area contributed by atoms with E-state index in [-0.39, 0.29) is 6.04 Å². The first-order valence-electron chi connectivity index (χ1n) is 5.85. The van der Waals surface area contributed by atoms with E-state index < -0.39 is 0 Å². The molecule has 0 fully saturated rings. The standard InChI is InChI=1S/C13H22N2O3/c1-8(2)12(15-14)9-6-10(16-3)13(18-5)11(7-9)17-4/h6-8,12,15H,14H2,1-5H3. The molecule has 0 aliphatic carbocycles. The number of rotatable bonds is 6. The van der Waals surface area contributed by atoms with E-state index in [1.807, 2.05) is 12.1 Å². The molecule has 5 heteroatoms. The van der Waals surface area contributed by atoms with Gasteiger partial charge >= 0.3 is 0 Å². The second-order valence-electron chi connectivity index (χ2n) is 4.35. The van der Waals surface area contributed by atoms with Gasteiger partial charge in [0.05, 0.1) is 21.3 Å². The summed E-state index contributed by atoms with van der Waals surface area (Å²) in [5.41, 5.74) is 3.81. The van der Waals surface area contributed by atoms with Gasteiger partial charge in [0.1, 0.15) is 0 Å². The number of hydrazine groups is 1. The van der Waals surface area contributed by atoms with Gasteiger partial charge in [0.2, 0.25) is 5.75 Å². The van der Waals surface area contributed by atoms with Crippen molar-refractivity contribution in [3.8, 4) is 17.2 Å². The molecule has 0 saturated heterocycles. The van der Waals surface area contributed by atoms with E-state index in [2.05, 4.69) is 19.3 Å². The molecular weight excluding hydrogens is 232 g/mol. The first kappa shape index (κ1) is 14.6. The molecule has 3 N–H and O–H groups in total. The van der Waals surface area contributed by atoms with E-state index in [1.165, 1.54) is 0 Å². The van der Waals surface area contributed by atoms with E-state index >= 15 is 0 Å². The van der Waals surface area contributed by atoms with Crippen molar-refractivity contribution >= 4 is 0 Å². The number of benzene rings is 1. The van der Waals surface area contributed by atoms with Crippen LogP contribution in [0.2, 0.25) is 0 Å². The number of methoxy groups -OCH3 is 3. The van der Waals surface area contributed by atoms with Crippen molar-refractivity contribution in [1.82, 2.24) is 5.43 Å². The van der Waals surface area contributed by atoms with Crippen LogP contribution in [0.25, 0.3) is 0 Å². The summed E-state index contributed by atoms with van der Waals surface area (Å²) < 4.78 is 15.9. The van der Waals surface area contributed by atoms with E-state index in [4.69, 9.17) is 20.1 Å². The molecule has 0 aromatic heterocycles. The topological polar surface area (TPSA) is 65.7 Å². The van der Waals surface area contributed by atoms with Crippen molar-refractivity contribution in [2.75, 3.05) is 21.3 Å². The molecule has 0 amide bonds. The van der Waals surface area contributed by atoms with Gasteiger partial charge in [-0.3, -0.25) is 11.3 Å². The second-order valence-corrected chi connectivity index (χ2v) is 4.35. The Balaban J connectivity index is 3.30. The van der Waals surface area contributed by atoms with Crippen LogP contribution in [0, 0.1) is 5.92 Å². The van der Waals surface area contributed by atoms with Crippen molar-refractivity contribution < 1.29 is 14.2 Å². The molecule has 1 unspecified atom stereocenters. The van der Waals surface area contributed by atoms with E-state index in [0.717, 1.165) is 5.56 Å². The lowest BCUT2D eigenvalue weighted by Crippen LogP contribution is -2.31. The van der Waals surface area contributed by atoms with Gasteiger partial charge in [0.25, 0.3) is 0 Å². The van der Waals surface area contributed by atoms with Crippen LogP contribution in [0.3, 0.4) is 0 Å². The maximum Gasteiger partial charge on any atom is 0.203 e. The molecule has 0 bridgehead atoms. The van der Waals surface area contributed by atoms with Crippen molar-refractivity contribution in [2.45, 2.75) is 19.9 Å². The third-order valence-electron chi connectivity index (χ3n) is 2.89. The van der Waals surface area contributed by atoms with Gasteiger partial charge in [-0.2, -0.15) is 0 Å². The smallest absolute Gasteiger partial charge is 0.203 e. The van der Waals surface area contributed by atoms with Crippen LogP contribution >= 0.6 is 0 Å². The maximum atomic E-state index is 5.60. The number of ether oxygens (including phenoxy) is 3. The highest BCUT2D eigenvalue weighted by atomic mass is 16.5. The predicted molar refractivity (Wildman–Crippen MR) is 71.0 cm³/mol. The van der Waals surface area contributed by atoms with Gasteiger partial charge in [-0.05, 0) is 23.6 Å². The minimum atomic E-state index is 0.0266. The van der Waals surface area contributed by atoms with E-state index in [0.29, 0.717) is 23.2 Å². The van der Waals surface area contributed by atoms with Crippen molar-refractivity contribution in [1.29, 1.82) is 0 Å². The molecule has 5 nitrogen and oxygen atoms in total. The SMILES string of the molecule is COc1cc(C(NN)C(C)C)cc(OC)c1OC. The zero-order chi connectivity index (χ0) is 13.7. The lowest BCUT2D eigenvalue weighted by Gasteiger charge is -2.22. The molecule has 1 aromatic carbocycles. The summed E-state index contributed by atoms with van der Waals surface area (Å²) >= 11 is 0. The molecule has 102 valence electrons. The van der Waals surface area contributed by atoms with Crippen molar-refractivity contribution in [2.24, 2.45) is 11.8 Å². The van der Waals surface area contributed by atoms with Gasteiger partial charge in [-0.1, -0.05) is 13.8 Å². The number of nitrogens with one attached hydrogen (secondary N) is 1. The zero-order valence-electron chi connectivity index (χ0n) is 11.6. The quantitative estimate of drug-likeness (QED) is 0.599. The summed E-state index contributed by atoms with van der Waals surface area (Å²) in [6.07, 6.45) is 0. The average molecular weight is 254 g/mol. The molecule has 0 aliphatic rings. The highest BCUT2D eigenvalue weighted by Crippen LogP contribution is 2.40. The Morgan fingerprint density at radius 2 is 1.50 bits per heavy atom. The van der Waals surface area contributed by atoms with Crippen LogP contribution < -0.4 is 25.5 Å². The Hall–Kier alpha value is -1.46. The highest BCUT2D eigenvalue weighted by Gasteiger charge is 2.20. The summed E-state index contributed by atoms with van der Waals surface area (Å²) in [5.74, 6) is 7.79. The maximum absolute atomic E-state index is 5.60. The Morgan fingerprint density at radius 1 is 1.00 bits per heavy atom. The first-order valence-corrected chi connectivity index (χ1v) is 5.85. The molecule has 0 aliphatic heterocycles. The third kappa shape index (κ3) is 2.86. The molecule has 1 aromatic rings. The Labute approximate surface area is 108 Å². The van der Waals surface area contributed by atoms with Crippen LogP contribution in [0.4, 0.5) is 0 Å². The predicted octanol–water partition coefficient (Wildman–Crippen LogP) is 1.87. The average Bonchev–Trinajstić information content (AvgIpc) is 2.37. The Kier molecular flexibility index (Phi) is 5.25. The summed E-state index contributed by atoms with van der Waals surface area (Å²) in [6, 6.07) is 3.84. The lowest BCUT2D eigenvalue weighted by atomic mass is 9.96. The molecule has 0 spiro atoms. The summed E-state index contributed by atoms with van der Waals surface area (Å²) in [5, 5.41) is 0. The molecule has 1 atom stereocenters. The summed E-state index contributed by atoms with van der Waals surface area (Å²) in [7, 11) is 4.78. The van der Waals surface area contributed by atoms with E-state index in [1.54, 1.807) is 21.3 Å². The Morgan fingerprint density at radius 3 is 1.78 bits per heavy atom. The molecule has 0 heterocycles. The number of hydrogen-bond acceptors (Lipinski definition) is 5. The Bertz CT molecular complexity index is 369. The van der Waals surface area contributed by atoms with Gasteiger partial charge in [-0.25, -0.2) is 0 Å². The fourth-order valence-electron chi connectivity index (χ4n) is 1.95. The minimum absolute atomic E-state index is 0.0266. The third-order valence-corrected chi connectivity index (χ3v) is 2.89. The van der Waals surface area contributed by atoms with Crippen molar-refractivity contribution in [3.63, 3.8) is 0 Å². The molecule has 18 heavy (non-hydrogen) atoms. The molecule has 1 rings (SSSR count). The lowest BCUT2D eigenvalue weighted by molar-refractivity contribution is 0.321. The second kappa shape index (κ2) is 6.47. The van der Waals surface area contributed by atoms with Crippen LogP contribution in [-0.2, 0) is 0 Å². The summed E-state index contributed by atoms with van der Waals surface area (Å²) in [4.78, 5) is 0. The van der Waals surface area contributed by atoms with Gasteiger partial charge in [-0.15, -0.1) is 0 Å². The normalized spacial score (nSPS) is 12.4. The fraction of sp³-hybridized carbons (Fsp3) is 0.538. The zero-order valence-corrected chi connectivity index (χ0v) is 11.6. The summed E-state index contributed by atoms with van der Waals surface area (Å²) in [6.45, 7) is 4.18. The number of hydrogen-bond donors (Lipinski definition) is 2. The first-order chi connectivity index (χ1) is 8.58. The number of nitrogens with two attached hydrogens (primary N) is 1. The van der Waals surface area contributed by atoms with Crippen LogP contribution in [-0.4, -0.2) is 21.3 Å². The largest absolute Gasteiger partial charge is 0.493 e. The van der Waals surface area contributed by atoms with Gasteiger partial charge in [0, 0.05) is 6.04 Å². The van der Waals surface area contributed by atoms with Gasteiger partial charge in [0.15, 0.2) is 11.5 Å². The van der Waals surface area contributed by atoms with Crippen LogP contribution in [0.15, 0.2) is 12.1 Å². The molecule has 0 radical (unpaired) electrons. The minimum Gasteiger partial charge on any atom is -0.493 e. The van der Waals surface area contributed by atoms with Crippen molar-refractivity contribution in [3.05, 3.63) is 17.7 Å². The van der Waals surface area contributed by atoms with Crippen LogP contribution in [0.5, 0.6) is 17.2 Å². The van der Waals surface area contributed by atoms with Crippen LogP contribution in [0.1, 0.15) is 25.5 Å². The highest BCUT2D eigenvalue weighted by molar-refractivity contribution is 5.54.